The van der Waals surface area contributed by atoms with Crippen molar-refractivity contribution < 1.29 is 14.3 Å². The lowest BCUT2D eigenvalue weighted by atomic mass is 10.2. The van der Waals surface area contributed by atoms with Crippen LogP contribution in [0.1, 0.15) is 13.3 Å². The fourth-order valence-electron chi connectivity index (χ4n) is 4.31. The number of hydrogen-bond acceptors (Lipinski definition) is 6. The van der Waals surface area contributed by atoms with Gasteiger partial charge in [-0.05, 0) is 30.7 Å². The lowest BCUT2D eigenvalue weighted by Gasteiger charge is -2.37. The highest BCUT2D eigenvalue weighted by atomic mass is 16.6. The average Bonchev–Trinajstić information content (AvgIpc) is 2.85. The Morgan fingerprint density at radius 1 is 1.03 bits per heavy atom. The molecule has 8 nitrogen and oxygen atoms in total. The molecular weight excluding hydrogens is 408 g/mol. The Morgan fingerprint density at radius 2 is 1.75 bits per heavy atom. The summed E-state index contributed by atoms with van der Waals surface area (Å²) < 4.78 is 13.4. The smallest absolute Gasteiger partial charge is 0.294 e. The number of ether oxygens (including phenoxy) is 2. The predicted octanol–water partition coefficient (Wildman–Crippen LogP) is 2.30. The number of hydrogen-bond donors (Lipinski definition) is 0. The van der Waals surface area contributed by atoms with Crippen LogP contribution in [-0.4, -0.2) is 59.2 Å². The molecule has 5 rings (SSSR count). The van der Waals surface area contributed by atoms with E-state index in [2.05, 4.69) is 11.9 Å². The normalized spacial score (nSPS) is 18.1. The van der Waals surface area contributed by atoms with E-state index in [1.54, 1.807) is 15.5 Å². The number of carbonyl (C=O) groups is 1. The summed E-state index contributed by atoms with van der Waals surface area (Å²) in [6, 6.07) is 15.1. The third-order valence-corrected chi connectivity index (χ3v) is 5.96. The number of anilines is 1. The van der Waals surface area contributed by atoms with Crippen LogP contribution in [0.25, 0.3) is 11.0 Å². The number of para-hydroxylation sites is 4. The summed E-state index contributed by atoms with van der Waals surface area (Å²) in [7, 11) is 0. The van der Waals surface area contributed by atoms with Crippen molar-refractivity contribution in [2.75, 3.05) is 37.7 Å². The van der Waals surface area contributed by atoms with Crippen LogP contribution in [0.15, 0.2) is 53.3 Å². The Bertz CT molecular complexity index is 1200. The SMILES string of the molecule is CCCn1c(=O)c(N2CCN(C(=O)C3COc4ccccc4O3)CC2)nc2ccccc21. The summed E-state index contributed by atoms with van der Waals surface area (Å²) in [5, 5.41) is 0. The number of nitrogens with zero attached hydrogens (tertiary/aromatic N) is 4. The molecule has 0 bridgehead atoms. The minimum Gasteiger partial charge on any atom is -0.485 e. The summed E-state index contributed by atoms with van der Waals surface area (Å²) in [6.45, 7) is 4.99. The third kappa shape index (κ3) is 3.66. The van der Waals surface area contributed by atoms with E-state index in [0.29, 0.717) is 50.0 Å². The molecule has 1 aromatic heterocycles. The van der Waals surface area contributed by atoms with E-state index in [1.165, 1.54) is 0 Å². The maximum absolute atomic E-state index is 13.2. The summed E-state index contributed by atoms with van der Waals surface area (Å²) in [5.41, 5.74) is 1.58. The highest BCUT2D eigenvalue weighted by Gasteiger charge is 2.33. The van der Waals surface area contributed by atoms with E-state index in [-0.39, 0.29) is 18.1 Å². The second-order valence-corrected chi connectivity index (χ2v) is 8.06. The van der Waals surface area contributed by atoms with Gasteiger partial charge in [-0.2, -0.15) is 0 Å². The third-order valence-electron chi connectivity index (χ3n) is 5.96. The topological polar surface area (TPSA) is 76.9 Å². The van der Waals surface area contributed by atoms with Crippen LogP contribution in [0, 0.1) is 0 Å². The summed E-state index contributed by atoms with van der Waals surface area (Å²) >= 11 is 0. The first kappa shape index (κ1) is 20.4. The molecule has 1 atom stereocenters. The summed E-state index contributed by atoms with van der Waals surface area (Å²) in [5.74, 6) is 1.61. The van der Waals surface area contributed by atoms with Crippen molar-refractivity contribution in [3.8, 4) is 11.5 Å². The number of aromatic nitrogens is 2. The van der Waals surface area contributed by atoms with Crippen LogP contribution in [0.2, 0.25) is 0 Å². The second-order valence-electron chi connectivity index (χ2n) is 8.06. The zero-order valence-electron chi connectivity index (χ0n) is 18.1. The molecule has 0 saturated carbocycles. The van der Waals surface area contributed by atoms with Crippen LogP contribution < -0.4 is 19.9 Å². The van der Waals surface area contributed by atoms with Crippen molar-refractivity contribution in [1.29, 1.82) is 0 Å². The van der Waals surface area contributed by atoms with Gasteiger partial charge >= 0.3 is 0 Å². The fourth-order valence-corrected chi connectivity index (χ4v) is 4.31. The zero-order chi connectivity index (χ0) is 22.1. The predicted molar refractivity (Wildman–Crippen MR) is 121 cm³/mol. The van der Waals surface area contributed by atoms with Crippen LogP contribution in [-0.2, 0) is 11.3 Å². The number of amides is 1. The van der Waals surface area contributed by atoms with Gasteiger partial charge in [-0.1, -0.05) is 31.2 Å². The molecule has 1 saturated heterocycles. The fraction of sp³-hybridized carbons (Fsp3) is 0.375. The molecule has 3 aromatic rings. The summed E-state index contributed by atoms with van der Waals surface area (Å²) in [6.07, 6.45) is 0.208. The Labute approximate surface area is 186 Å². The van der Waals surface area contributed by atoms with Crippen LogP contribution in [0.4, 0.5) is 5.82 Å². The Hall–Kier alpha value is -3.55. The van der Waals surface area contributed by atoms with Crippen molar-refractivity contribution in [3.05, 3.63) is 58.9 Å². The molecule has 166 valence electrons. The Kier molecular flexibility index (Phi) is 5.43. The lowest BCUT2D eigenvalue weighted by Crippen LogP contribution is -2.55. The van der Waals surface area contributed by atoms with Gasteiger partial charge in [-0.25, -0.2) is 4.98 Å². The van der Waals surface area contributed by atoms with Crippen LogP contribution in [0.5, 0.6) is 11.5 Å². The van der Waals surface area contributed by atoms with Crippen LogP contribution in [0.3, 0.4) is 0 Å². The zero-order valence-corrected chi connectivity index (χ0v) is 18.1. The molecule has 3 heterocycles. The molecule has 2 aliphatic rings. The van der Waals surface area contributed by atoms with Crippen molar-refractivity contribution >= 4 is 22.8 Å². The highest BCUT2D eigenvalue weighted by molar-refractivity contribution is 5.82. The van der Waals surface area contributed by atoms with Crippen molar-refractivity contribution in [1.82, 2.24) is 14.5 Å². The van der Waals surface area contributed by atoms with Gasteiger partial charge in [0.15, 0.2) is 17.3 Å². The number of aryl methyl sites for hydroxylation is 1. The minimum atomic E-state index is -0.656. The molecule has 0 N–H and O–H groups in total. The monoisotopic (exact) mass is 434 g/mol. The molecule has 0 spiro atoms. The second kappa shape index (κ2) is 8.53. The van der Waals surface area contributed by atoms with Gasteiger partial charge in [-0.15, -0.1) is 0 Å². The maximum Gasteiger partial charge on any atom is 0.294 e. The molecule has 1 unspecified atom stereocenters. The number of benzene rings is 2. The number of fused-ring (bicyclic) bond motifs is 2. The lowest BCUT2D eigenvalue weighted by molar-refractivity contribution is -0.141. The molecule has 0 aliphatic carbocycles. The van der Waals surface area contributed by atoms with Gasteiger partial charge in [0.05, 0.1) is 11.0 Å². The Morgan fingerprint density at radius 3 is 2.53 bits per heavy atom. The van der Waals surface area contributed by atoms with E-state index in [9.17, 15) is 9.59 Å². The maximum atomic E-state index is 13.2. The van der Waals surface area contributed by atoms with Crippen LogP contribution >= 0.6 is 0 Å². The van der Waals surface area contributed by atoms with E-state index in [4.69, 9.17) is 9.47 Å². The van der Waals surface area contributed by atoms with Gasteiger partial charge in [0.2, 0.25) is 6.10 Å². The molecule has 2 aliphatic heterocycles. The van der Waals surface area contributed by atoms with Crippen molar-refractivity contribution in [3.63, 3.8) is 0 Å². The highest BCUT2D eigenvalue weighted by Crippen LogP contribution is 2.31. The molecule has 1 amide bonds. The molecule has 0 radical (unpaired) electrons. The van der Waals surface area contributed by atoms with Gasteiger partial charge in [-0.3, -0.25) is 9.59 Å². The molecule has 32 heavy (non-hydrogen) atoms. The summed E-state index contributed by atoms with van der Waals surface area (Å²) in [4.78, 5) is 34.6. The number of carbonyl (C=O) groups excluding carboxylic acids is 1. The van der Waals surface area contributed by atoms with Gasteiger partial charge in [0.1, 0.15) is 6.61 Å². The van der Waals surface area contributed by atoms with E-state index < -0.39 is 6.10 Å². The Balaban J connectivity index is 1.31. The molecule has 2 aromatic carbocycles. The van der Waals surface area contributed by atoms with E-state index >= 15 is 0 Å². The van der Waals surface area contributed by atoms with Crippen molar-refractivity contribution in [2.24, 2.45) is 0 Å². The first-order valence-corrected chi connectivity index (χ1v) is 11.1. The molecule has 1 fully saturated rings. The van der Waals surface area contributed by atoms with E-state index in [0.717, 1.165) is 17.5 Å². The van der Waals surface area contributed by atoms with Gasteiger partial charge < -0.3 is 23.8 Å². The van der Waals surface area contributed by atoms with E-state index in [1.807, 2.05) is 47.4 Å². The number of rotatable bonds is 4. The van der Waals surface area contributed by atoms with Gasteiger partial charge in [0.25, 0.3) is 11.5 Å². The van der Waals surface area contributed by atoms with Crippen molar-refractivity contribution in [2.45, 2.75) is 26.0 Å². The standard InChI is InChI=1S/C24H26N4O4/c1-2-11-28-18-8-4-3-7-17(18)25-22(24(28)30)26-12-14-27(15-13-26)23(29)21-16-31-19-9-5-6-10-20(19)32-21/h3-10,21H,2,11-16H2,1H3. The molecule has 8 heteroatoms. The quantitative estimate of drug-likeness (QED) is 0.627. The first-order chi connectivity index (χ1) is 15.7. The number of piperazine rings is 1. The molecular formula is C24H26N4O4. The average molecular weight is 434 g/mol. The minimum absolute atomic E-state index is 0.0778. The first-order valence-electron chi connectivity index (χ1n) is 11.1. The largest absolute Gasteiger partial charge is 0.485 e. The van der Waals surface area contributed by atoms with Gasteiger partial charge in [0, 0.05) is 32.7 Å².